The summed E-state index contributed by atoms with van der Waals surface area (Å²) in [6, 6.07) is 0. The van der Waals surface area contributed by atoms with Crippen LogP contribution in [-0.2, 0) is 31.1 Å². The van der Waals surface area contributed by atoms with Gasteiger partial charge in [0.25, 0.3) is 0 Å². The normalized spacial score (nSPS) is 12.3. The van der Waals surface area contributed by atoms with Crippen LogP contribution < -0.4 is 14.7 Å². The molecule has 0 amide bonds. The summed E-state index contributed by atoms with van der Waals surface area (Å²) in [6.07, 6.45) is 137. The molecule has 0 spiro atoms. The Morgan fingerprint density at radius 1 is 0.136 bits per heavy atom. The first-order valence-corrected chi connectivity index (χ1v) is 59.1. The largest absolute Gasteiger partial charge is 3.00 e. The number of allylic oxidation sites excluding steroid dienone is 12. The van der Waals surface area contributed by atoms with Crippen molar-refractivity contribution in [2.24, 2.45) is 0 Å². The van der Waals surface area contributed by atoms with Crippen molar-refractivity contribution in [1.29, 1.82) is 0 Å². The Morgan fingerprint density at radius 2 is 0.212 bits per heavy atom. The summed E-state index contributed by atoms with van der Waals surface area (Å²) in [4.78, 5) is 37.0. The molecule has 0 aromatic carbocycles. The van der Waals surface area contributed by atoms with Crippen molar-refractivity contribution in [2.75, 3.05) is 37.0 Å². The number of hydrogen-bond donors (Lipinski definition) is 0. The molecule has 0 unspecified atom stereocenters. The molecule has 0 N–H and O–H groups in total. The summed E-state index contributed by atoms with van der Waals surface area (Å²) >= 11 is 0. The molecule has 10 heteroatoms. The Kier molecular flexibility index (Phi) is 114. The summed E-state index contributed by atoms with van der Waals surface area (Å²) in [6.45, 7) is 13.6. The van der Waals surface area contributed by atoms with Gasteiger partial charge in [-0.05, 0) is 230 Å². The SMILES string of the molecule is CCCCCCCC/C=C\CCCCCCCCP(=O)([O-])CCCCCCCC/C=C\CCCCCCCC.CCCCCCCC/C=C\CCCCCCCCP(=O)([O-])CCCCCCCC/C=C\CCCCCCCC.CCCCCCCC/C=C\CCCCCCCCP(=O)([O-])CCCCCCCC/C=C\CCCCCCCC.[Cr+3]. The predicted molar refractivity (Wildman–Crippen MR) is 529 cm³/mol. The molecule has 0 heterocycles. The molecular formula is C108H210CrO6P3. The number of unbranched alkanes of at least 4 members (excludes halogenated alkanes) is 72. The zero-order valence-corrected chi connectivity index (χ0v) is 84.7. The van der Waals surface area contributed by atoms with E-state index in [0.29, 0.717) is 37.0 Å². The van der Waals surface area contributed by atoms with Gasteiger partial charge >= 0.3 is 17.4 Å². The first-order chi connectivity index (χ1) is 57.4. The summed E-state index contributed by atoms with van der Waals surface area (Å²) in [5.41, 5.74) is 0. The van der Waals surface area contributed by atoms with Crippen molar-refractivity contribution in [3.8, 4) is 0 Å². The van der Waals surface area contributed by atoms with Crippen LogP contribution in [0.15, 0.2) is 72.9 Å². The topological polar surface area (TPSA) is 120 Å². The van der Waals surface area contributed by atoms with E-state index < -0.39 is 22.1 Å². The van der Waals surface area contributed by atoms with Gasteiger partial charge in [0.1, 0.15) is 0 Å². The van der Waals surface area contributed by atoms with Gasteiger partial charge < -0.3 is 28.4 Å². The maximum absolute atomic E-state index is 12.3. The van der Waals surface area contributed by atoms with Crippen LogP contribution in [-0.4, -0.2) is 37.0 Å². The van der Waals surface area contributed by atoms with Crippen LogP contribution in [0.4, 0.5) is 0 Å². The number of rotatable bonds is 96. The van der Waals surface area contributed by atoms with Gasteiger partial charge in [-0.25, -0.2) is 0 Å². The molecule has 0 bridgehead atoms. The van der Waals surface area contributed by atoms with Crippen LogP contribution in [0.5, 0.6) is 0 Å². The molecule has 0 atom stereocenters. The van der Waals surface area contributed by atoms with Crippen molar-refractivity contribution in [1.82, 2.24) is 0 Å². The molecule has 699 valence electrons. The Hall–Kier alpha value is -0.458. The first kappa shape index (κ1) is 124. The van der Waals surface area contributed by atoms with E-state index in [1.807, 2.05) is 0 Å². The van der Waals surface area contributed by atoms with E-state index in [2.05, 4.69) is 114 Å². The summed E-state index contributed by atoms with van der Waals surface area (Å²) in [7, 11) is -9.41. The minimum Gasteiger partial charge on any atom is -0.799 e. The standard InChI is InChI=1S/3C36H71O2P.Cr/c3*1-3-5-7-9-11-13-15-17-19-21-23-25-27-29-31-33-35-39(37,38)36-34-32-30-28-26-24-22-20-18-16-14-12-10-8-6-4-2;/h3*17-20H,3-16,21-36H2,1-2H3,(H,37,38);/q;;;+3/p-3/b3*19-17-,20-18-;. The second-order valence-electron chi connectivity index (χ2n) is 36.4. The fraction of sp³-hybridized carbons (Fsp3) is 0.889. The summed E-state index contributed by atoms with van der Waals surface area (Å²) < 4.78 is 37.0. The molecule has 0 saturated carbocycles. The zero-order chi connectivity index (χ0) is 85.6. The molecule has 118 heavy (non-hydrogen) atoms. The second kappa shape index (κ2) is 109. The third-order valence-electron chi connectivity index (χ3n) is 24.1. The van der Waals surface area contributed by atoms with Crippen LogP contribution in [0.3, 0.4) is 0 Å². The van der Waals surface area contributed by atoms with Crippen LogP contribution >= 0.6 is 22.1 Å². The molecule has 0 fully saturated rings. The Balaban J connectivity index is -0.000000823. The molecule has 0 aliphatic rings. The van der Waals surface area contributed by atoms with Crippen molar-refractivity contribution in [3.63, 3.8) is 0 Å². The minimum absolute atomic E-state index is 0. The predicted octanol–water partition coefficient (Wildman–Crippen LogP) is 38.1. The molecule has 6 nitrogen and oxygen atoms in total. The van der Waals surface area contributed by atoms with Crippen LogP contribution in [0.1, 0.15) is 581 Å². The van der Waals surface area contributed by atoms with Crippen molar-refractivity contribution in [3.05, 3.63) is 72.9 Å². The molecule has 0 rings (SSSR count). The zero-order valence-electron chi connectivity index (χ0n) is 80.8. The summed E-state index contributed by atoms with van der Waals surface area (Å²) in [5, 5.41) is 0. The van der Waals surface area contributed by atoms with Crippen molar-refractivity contribution in [2.45, 2.75) is 581 Å². The van der Waals surface area contributed by atoms with Gasteiger partial charge in [-0.2, -0.15) is 0 Å². The molecule has 1 radical (unpaired) electrons. The smallest absolute Gasteiger partial charge is 0.799 e. The first-order valence-electron chi connectivity index (χ1n) is 53.1. The Morgan fingerprint density at radius 3 is 0.305 bits per heavy atom. The van der Waals surface area contributed by atoms with E-state index in [0.717, 1.165) is 77.0 Å². The van der Waals surface area contributed by atoms with Gasteiger partial charge in [0.05, 0.1) is 0 Å². The van der Waals surface area contributed by atoms with Crippen LogP contribution in [0.2, 0.25) is 0 Å². The van der Waals surface area contributed by atoms with E-state index >= 15 is 0 Å². The maximum atomic E-state index is 12.3. The molecule has 0 saturated heterocycles. The molecular weight excluding hydrogens is 1540 g/mol. The van der Waals surface area contributed by atoms with Gasteiger partial charge in [-0.15, -0.1) is 0 Å². The van der Waals surface area contributed by atoms with E-state index in [4.69, 9.17) is 0 Å². The Bertz CT molecular complexity index is 1810. The van der Waals surface area contributed by atoms with Crippen molar-refractivity contribution >= 4 is 22.1 Å². The Labute approximate surface area is 753 Å². The third kappa shape index (κ3) is 118. The van der Waals surface area contributed by atoms with Gasteiger partial charge in [-0.3, -0.25) is 0 Å². The molecule has 0 aliphatic carbocycles. The van der Waals surface area contributed by atoms with Crippen molar-refractivity contribution < 1.29 is 45.7 Å². The van der Waals surface area contributed by atoms with E-state index in [1.54, 1.807) is 0 Å². The molecule has 0 aromatic rings. The van der Waals surface area contributed by atoms with Gasteiger partial charge in [0.2, 0.25) is 0 Å². The quantitative estimate of drug-likeness (QED) is 0.0340. The number of hydrogen-bond acceptors (Lipinski definition) is 6. The molecule has 0 aromatic heterocycles. The molecule has 0 aliphatic heterocycles. The van der Waals surface area contributed by atoms with E-state index in [-0.39, 0.29) is 17.4 Å². The average Bonchev–Trinajstić information content (AvgIpc) is 0.951. The maximum Gasteiger partial charge on any atom is 3.00 e. The van der Waals surface area contributed by atoms with Crippen LogP contribution in [0.25, 0.3) is 0 Å². The fourth-order valence-corrected chi connectivity index (χ4v) is 20.8. The third-order valence-corrected chi connectivity index (χ3v) is 30.0. The monoisotopic (exact) mass is 1750 g/mol. The minimum atomic E-state index is -3.14. The fourth-order valence-electron chi connectivity index (χ4n) is 15.9. The second-order valence-corrected chi connectivity index (χ2v) is 44.0. The van der Waals surface area contributed by atoms with Gasteiger partial charge in [-0.1, -0.05) is 461 Å². The van der Waals surface area contributed by atoms with E-state index in [9.17, 15) is 28.4 Å². The van der Waals surface area contributed by atoms with E-state index in [1.165, 1.54) is 462 Å². The summed E-state index contributed by atoms with van der Waals surface area (Å²) in [5.74, 6) is 0. The van der Waals surface area contributed by atoms with Gasteiger partial charge in [0.15, 0.2) is 0 Å². The van der Waals surface area contributed by atoms with Gasteiger partial charge in [0, 0.05) is 22.1 Å². The van der Waals surface area contributed by atoms with Crippen LogP contribution in [0, 0.1) is 0 Å². The average molecular weight is 1750 g/mol.